The maximum Gasteiger partial charge on any atom is 0.293 e. The monoisotopic (exact) mass is 360 g/mol. The Hall–Kier alpha value is -2.45. The molecular formula is C16H12N2O4S2. The van der Waals surface area contributed by atoms with E-state index in [0.717, 1.165) is 27.1 Å². The van der Waals surface area contributed by atoms with Crippen LogP contribution in [0.4, 0.5) is 10.5 Å². The van der Waals surface area contributed by atoms with Crippen LogP contribution in [0.2, 0.25) is 0 Å². The Kier molecular flexibility index (Phi) is 4.50. The molecule has 2 aromatic rings. The Morgan fingerprint density at radius 2 is 2.08 bits per heavy atom. The van der Waals surface area contributed by atoms with Crippen molar-refractivity contribution in [3.8, 4) is 0 Å². The molecule has 0 atom stereocenters. The third kappa shape index (κ3) is 3.24. The van der Waals surface area contributed by atoms with Gasteiger partial charge in [0, 0.05) is 17.0 Å². The van der Waals surface area contributed by atoms with Crippen LogP contribution in [0.5, 0.6) is 0 Å². The van der Waals surface area contributed by atoms with Crippen LogP contribution in [-0.4, -0.2) is 21.0 Å². The zero-order chi connectivity index (χ0) is 17.3. The normalized spacial score (nSPS) is 16.2. The first-order valence-electron chi connectivity index (χ1n) is 6.98. The van der Waals surface area contributed by atoms with Crippen LogP contribution in [0.3, 0.4) is 0 Å². The minimum absolute atomic E-state index is 0.0209. The molecular weight excluding hydrogens is 348 g/mol. The Bertz CT molecular complexity index is 872. The van der Waals surface area contributed by atoms with Gasteiger partial charge in [0.2, 0.25) is 0 Å². The number of hydrogen-bond acceptors (Lipinski definition) is 6. The molecule has 0 aliphatic carbocycles. The number of carbonyl (C=O) groups is 2. The lowest BCUT2D eigenvalue weighted by Gasteiger charge is -2.12. The van der Waals surface area contributed by atoms with Crippen LogP contribution in [0.1, 0.15) is 16.0 Å². The van der Waals surface area contributed by atoms with Crippen LogP contribution >= 0.6 is 23.1 Å². The molecule has 0 bridgehead atoms. The van der Waals surface area contributed by atoms with Gasteiger partial charge >= 0.3 is 0 Å². The molecule has 0 unspecified atom stereocenters. The van der Waals surface area contributed by atoms with Gasteiger partial charge in [0.05, 0.1) is 16.4 Å². The minimum Gasteiger partial charge on any atom is -0.268 e. The molecule has 122 valence electrons. The van der Waals surface area contributed by atoms with Crippen molar-refractivity contribution in [1.29, 1.82) is 0 Å². The third-order valence-corrected chi connectivity index (χ3v) is 5.37. The molecule has 1 aliphatic heterocycles. The summed E-state index contributed by atoms with van der Waals surface area (Å²) in [6.07, 6.45) is 1.72. The molecule has 0 radical (unpaired) electrons. The van der Waals surface area contributed by atoms with E-state index >= 15 is 0 Å². The van der Waals surface area contributed by atoms with E-state index in [-0.39, 0.29) is 23.4 Å². The van der Waals surface area contributed by atoms with Crippen molar-refractivity contribution in [1.82, 2.24) is 4.90 Å². The lowest BCUT2D eigenvalue weighted by Crippen LogP contribution is -2.27. The first-order chi connectivity index (χ1) is 11.5. The molecule has 1 aromatic heterocycles. The van der Waals surface area contributed by atoms with Gasteiger partial charge in [-0.05, 0) is 47.3 Å². The van der Waals surface area contributed by atoms with Crippen LogP contribution in [-0.2, 0) is 11.3 Å². The van der Waals surface area contributed by atoms with Crippen molar-refractivity contribution < 1.29 is 14.5 Å². The van der Waals surface area contributed by atoms with Gasteiger partial charge in [0.15, 0.2) is 0 Å². The van der Waals surface area contributed by atoms with Crippen LogP contribution in [0, 0.1) is 17.0 Å². The van der Waals surface area contributed by atoms with E-state index in [9.17, 15) is 19.7 Å². The van der Waals surface area contributed by atoms with Gasteiger partial charge in [-0.2, -0.15) is 0 Å². The van der Waals surface area contributed by atoms with E-state index in [4.69, 9.17) is 0 Å². The average molecular weight is 360 g/mol. The Labute approximate surface area is 145 Å². The molecule has 3 rings (SSSR count). The SMILES string of the molecule is Cc1ccsc1/C=C1/SC(=O)N(Cc2cccc([N+](=O)[O-])c2)C1=O. The van der Waals surface area contributed by atoms with E-state index in [1.165, 1.54) is 29.5 Å². The van der Waals surface area contributed by atoms with Gasteiger partial charge < -0.3 is 0 Å². The average Bonchev–Trinajstić information content (AvgIpc) is 3.06. The Morgan fingerprint density at radius 3 is 2.75 bits per heavy atom. The van der Waals surface area contributed by atoms with Crippen molar-refractivity contribution in [2.24, 2.45) is 0 Å². The van der Waals surface area contributed by atoms with E-state index in [2.05, 4.69) is 0 Å². The van der Waals surface area contributed by atoms with E-state index in [0.29, 0.717) is 10.5 Å². The fraction of sp³-hybridized carbons (Fsp3) is 0.125. The second kappa shape index (κ2) is 6.58. The summed E-state index contributed by atoms with van der Waals surface area (Å²) >= 11 is 2.39. The quantitative estimate of drug-likeness (QED) is 0.464. The second-order valence-corrected chi connectivity index (χ2v) is 7.10. The summed E-state index contributed by atoms with van der Waals surface area (Å²) in [4.78, 5) is 37.3. The van der Waals surface area contributed by atoms with Crippen molar-refractivity contribution in [3.63, 3.8) is 0 Å². The van der Waals surface area contributed by atoms with E-state index < -0.39 is 4.92 Å². The lowest BCUT2D eigenvalue weighted by atomic mass is 10.2. The predicted octanol–water partition coefficient (Wildman–Crippen LogP) is 4.20. The summed E-state index contributed by atoms with van der Waals surface area (Å²) in [6, 6.07) is 7.89. The fourth-order valence-electron chi connectivity index (χ4n) is 2.24. The van der Waals surface area contributed by atoms with E-state index in [1.807, 2.05) is 18.4 Å². The summed E-state index contributed by atoms with van der Waals surface area (Å²) in [5.41, 5.74) is 1.52. The molecule has 1 fully saturated rings. The first-order valence-corrected chi connectivity index (χ1v) is 8.68. The van der Waals surface area contributed by atoms with Crippen molar-refractivity contribution >= 4 is 46.0 Å². The molecule has 2 heterocycles. The van der Waals surface area contributed by atoms with Crippen LogP contribution in [0.25, 0.3) is 6.08 Å². The number of non-ortho nitro benzene ring substituents is 1. The molecule has 0 N–H and O–H groups in total. The molecule has 1 saturated heterocycles. The molecule has 8 heteroatoms. The number of amides is 2. The third-order valence-electron chi connectivity index (χ3n) is 3.50. The number of carbonyl (C=O) groups excluding carboxylic acids is 2. The molecule has 6 nitrogen and oxygen atoms in total. The summed E-state index contributed by atoms with van der Waals surface area (Å²) in [5, 5.41) is 12.4. The number of imide groups is 1. The number of rotatable bonds is 4. The second-order valence-electron chi connectivity index (χ2n) is 5.16. The maximum absolute atomic E-state index is 12.5. The number of thioether (sulfide) groups is 1. The summed E-state index contributed by atoms with van der Waals surface area (Å²) in [5.74, 6) is -0.371. The number of thiophene rings is 1. The smallest absolute Gasteiger partial charge is 0.268 e. The molecule has 0 saturated carbocycles. The predicted molar refractivity (Wildman–Crippen MR) is 93.7 cm³/mol. The van der Waals surface area contributed by atoms with Crippen molar-refractivity contribution in [2.75, 3.05) is 0 Å². The van der Waals surface area contributed by atoms with Crippen molar-refractivity contribution in [3.05, 3.63) is 66.7 Å². The number of aryl methyl sites for hydroxylation is 1. The topological polar surface area (TPSA) is 80.5 Å². The van der Waals surface area contributed by atoms with Gasteiger partial charge in [0.25, 0.3) is 16.8 Å². The number of nitro benzene ring substituents is 1. The molecule has 1 aromatic carbocycles. The molecule has 0 spiro atoms. The number of nitro groups is 1. The zero-order valence-electron chi connectivity index (χ0n) is 12.6. The highest BCUT2D eigenvalue weighted by molar-refractivity contribution is 8.18. The number of hydrogen-bond donors (Lipinski definition) is 0. The lowest BCUT2D eigenvalue weighted by molar-refractivity contribution is -0.384. The zero-order valence-corrected chi connectivity index (χ0v) is 14.2. The first kappa shape index (κ1) is 16.4. The Balaban J connectivity index is 1.82. The van der Waals surface area contributed by atoms with Gasteiger partial charge in [-0.25, -0.2) is 0 Å². The van der Waals surface area contributed by atoms with Gasteiger partial charge in [-0.15, -0.1) is 11.3 Å². The molecule has 2 amide bonds. The highest BCUT2D eigenvalue weighted by atomic mass is 32.2. The largest absolute Gasteiger partial charge is 0.293 e. The summed E-state index contributed by atoms with van der Waals surface area (Å²) < 4.78 is 0. The van der Waals surface area contributed by atoms with Crippen molar-refractivity contribution in [2.45, 2.75) is 13.5 Å². The minimum atomic E-state index is -0.503. The number of nitrogens with zero attached hydrogens (tertiary/aromatic N) is 2. The standard InChI is InChI=1S/C16H12N2O4S2/c1-10-5-6-23-13(10)8-14-15(19)17(16(20)24-14)9-11-3-2-4-12(7-11)18(21)22/h2-8H,9H2,1H3/b14-8+. The summed E-state index contributed by atoms with van der Waals surface area (Å²) in [6.45, 7) is 1.96. The van der Waals surface area contributed by atoms with Crippen LogP contribution in [0.15, 0.2) is 40.6 Å². The Morgan fingerprint density at radius 1 is 1.29 bits per heavy atom. The maximum atomic E-state index is 12.5. The number of benzene rings is 1. The van der Waals surface area contributed by atoms with Gasteiger partial charge in [-0.1, -0.05) is 12.1 Å². The molecule has 1 aliphatic rings. The van der Waals surface area contributed by atoms with Gasteiger partial charge in [0.1, 0.15) is 0 Å². The van der Waals surface area contributed by atoms with Gasteiger partial charge in [-0.3, -0.25) is 24.6 Å². The molecule has 24 heavy (non-hydrogen) atoms. The highest BCUT2D eigenvalue weighted by Crippen LogP contribution is 2.34. The highest BCUT2D eigenvalue weighted by Gasteiger charge is 2.35. The van der Waals surface area contributed by atoms with E-state index in [1.54, 1.807) is 12.1 Å². The van der Waals surface area contributed by atoms with Crippen LogP contribution < -0.4 is 0 Å². The fourth-order valence-corrected chi connectivity index (χ4v) is 3.99. The summed E-state index contributed by atoms with van der Waals surface area (Å²) in [7, 11) is 0.